The third kappa shape index (κ3) is 4.02. The molecule has 164 valence electrons. The number of carbonyl (C=O) groups excluding carboxylic acids is 1. The highest BCUT2D eigenvalue weighted by molar-refractivity contribution is 7.99. The first kappa shape index (κ1) is 21.3. The molecule has 0 unspecified atom stereocenters. The summed E-state index contributed by atoms with van der Waals surface area (Å²) in [7, 11) is 2.91. The maximum Gasteiger partial charge on any atom is 0.332 e. The Morgan fingerprint density at radius 3 is 2.58 bits per heavy atom. The number of amides is 1. The van der Waals surface area contributed by atoms with Crippen molar-refractivity contribution in [3.8, 4) is 0 Å². The highest BCUT2D eigenvalue weighted by Crippen LogP contribution is 2.24. The van der Waals surface area contributed by atoms with Gasteiger partial charge in [-0.25, -0.2) is 14.2 Å². The molecule has 0 bridgehead atoms. The van der Waals surface area contributed by atoms with Gasteiger partial charge in [0, 0.05) is 32.7 Å². The van der Waals surface area contributed by atoms with Crippen LogP contribution in [0.15, 0.2) is 39.0 Å². The molecule has 3 heterocycles. The SMILES string of the molecule is Cn1c(=O)c2c(nc(SCC(=O)N3CCOCC3)n2Cc2ccccc2F)n(C)c1=O. The van der Waals surface area contributed by atoms with Gasteiger partial charge in [0.15, 0.2) is 16.3 Å². The first-order chi connectivity index (χ1) is 14.9. The number of aromatic nitrogens is 4. The van der Waals surface area contributed by atoms with E-state index in [4.69, 9.17) is 4.74 Å². The highest BCUT2D eigenvalue weighted by Gasteiger charge is 2.23. The number of aryl methyl sites for hydroxylation is 1. The van der Waals surface area contributed by atoms with Gasteiger partial charge >= 0.3 is 5.69 Å². The lowest BCUT2D eigenvalue weighted by molar-refractivity contribution is -0.132. The molecule has 31 heavy (non-hydrogen) atoms. The molecule has 1 fully saturated rings. The molecule has 4 rings (SSSR count). The van der Waals surface area contributed by atoms with Crippen molar-refractivity contribution in [3.05, 3.63) is 56.5 Å². The van der Waals surface area contributed by atoms with Gasteiger partial charge in [0.05, 0.1) is 25.5 Å². The van der Waals surface area contributed by atoms with E-state index in [1.165, 1.54) is 24.7 Å². The summed E-state index contributed by atoms with van der Waals surface area (Å²) < 4.78 is 23.5. The molecule has 11 heteroatoms. The summed E-state index contributed by atoms with van der Waals surface area (Å²) >= 11 is 1.16. The summed E-state index contributed by atoms with van der Waals surface area (Å²) in [5, 5.41) is 0.373. The molecule has 0 aliphatic carbocycles. The van der Waals surface area contributed by atoms with Crippen LogP contribution in [0.25, 0.3) is 11.2 Å². The number of ether oxygens (including phenoxy) is 1. The van der Waals surface area contributed by atoms with E-state index in [-0.39, 0.29) is 29.4 Å². The Hall–Kier alpha value is -2.92. The van der Waals surface area contributed by atoms with E-state index in [1.807, 2.05) is 0 Å². The molecular formula is C20H22FN5O4S. The molecule has 9 nitrogen and oxygen atoms in total. The lowest BCUT2D eigenvalue weighted by Gasteiger charge is -2.26. The van der Waals surface area contributed by atoms with E-state index in [0.29, 0.717) is 37.0 Å². The topological polar surface area (TPSA) is 91.4 Å². The van der Waals surface area contributed by atoms with E-state index in [1.54, 1.807) is 27.7 Å². The van der Waals surface area contributed by atoms with E-state index in [9.17, 15) is 18.8 Å². The fourth-order valence-corrected chi connectivity index (χ4v) is 4.41. The summed E-state index contributed by atoms with van der Waals surface area (Å²) in [5.74, 6) is -0.375. The van der Waals surface area contributed by atoms with Crippen LogP contribution in [-0.4, -0.2) is 61.5 Å². The van der Waals surface area contributed by atoms with Gasteiger partial charge in [0.1, 0.15) is 5.82 Å². The van der Waals surface area contributed by atoms with Gasteiger partial charge in [-0.1, -0.05) is 30.0 Å². The number of carbonyl (C=O) groups is 1. The van der Waals surface area contributed by atoms with Crippen molar-refractivity contribution in [2.24, 2.45) is 14.1 Å². The lowest BCUT2D eigenvalue weighted by Crippen LogP contribution is -2.41. The van der Waals surface area contributed by atoms with Gasteiger partial charge in [0.25, 0.3) is 5.56 Å². The summed E-state index contributed by atoms with van der Waals surface area (Å²) in [6, 6.07) is 6.27. The largest absolute Gasteiger partial charge is 0.378 e. The van der Waals surface area contributed by atoms with Crippen LogP contribution in [0.4, 0.5) is 4.39 Å². The average molecular weight is 447 g/mol. The number of imidazole rings is 1. The van der Waals surface area contributed by atoms with Crippen LogP contribution in [0, 0.1) is 5.82 Å². The van der Waals surface area contributed by atoms with Crippen molar-refractivity contribution in [3.63, 3.8) is 0 Å². The Bertz CT molecular complexity index is 1260. The third-order valence-corrected chi connectivity index (χ3v) is 6.25. The van der Waals surface area contributed by atoms with Gasteiger partial charge in [-0.2, -0.15) is 0 Å². The van der Waals surface area contributed by atoms with Gasteiger partial charge in [-0.15, -0.1) is 0 Å². The second-order valence-corrected chi connectivity index (χ2v) is 8.17. The molecule has 1 aromatic carbocycles. The maximum atomic E-state index is 14.3. The molecule has 1 aliphatic heterocycles. The third-order valence-electron chi connectivity index (χ3n) is 5.29. The number of hydrogen-bond donors (Lipinski definition) is 0. The van der Waals surface area contributed by atoms with Gasteiger partial charge in [0.2, 0.25) is 5.91 Å². The molecule has 0 atom stereocenters. The van der Waals surface area contributed by atoms with Crippen LogP contribution in [0.2, 0.25) is 0 Å². The van der Waals surface area contributed by atoms with Crippen LogP contribution < -0.4 is 11.2 Å². The molecule has 2 aromatic heterocycles. The maximum absolute atomic E-state index is 14.3. The molecule has 0 radical (unpaired) electrons. The summed E-state index contributed by atoms with van der Waals surface area (Å²) in [5.41, 5.74) is -0.263. The molecular weight excluding hydrogens is 425 g/mol. The number of hydrogen-bond acceptors (Lipinski definition) is 6. The van der Waals surface area contributed by atoms with Crippen molar-refractivity contribution >= 4 is 28.8 Å². The number of nitrogens with zero attached hydrogens (tertiary/aromatic N) is 5. The molecule has 1 aliphatic rings. The van der Waals surface area contributed by atoms with Crippen molar-refractivity contribution in [1.82, 2.24) is 23.6 Å². The van der Waals surface area contributed by atoms with Crippen molar-refractivity contribution in [1.29, 1.82) is 0 Å². The second kappa shape index (κ2) is 8.67. The quantitative estimate of drug-likeness (QED) is 0.531. The predicted molar refractivity (Wildman–Crippen MR) is 114 cm³/mol. The minimum Gasteiger partial charge on any atom is -0.378 e. The normalized spacial score (nSPS) is 14.4. The first-order valence-corrected chi connectivity index (χ1v) is 10.7. The minimum absolute atomic E-state index is 0.0463. The Labute approximate surface area is 181 Å². The number of rotatable bonds is 5. The second-order valence-electron chi connectivity index (χ2n) is 7.23. The molecule has 3 aromatic rings. The zero-order chi connectivity index (χ0) is 22.1. The first-order valence-electron chi connectivity index (χ1n) is 9.76. The Morgan fingerprint density at radius 2 is 1.87 bits per heavy atom. The Morgan fingerprint density at radius 1 is 1.16 bits per heavy atom. The van der Waals surface area contributed by atoms with Crippen molar-refractivity contribution < 1.29 is 13.9 Å². The van der Waals surface area contributed by atoms with Crippen molar-refractivity contribution in [2.45, 2.75) is 11.7 Å². The van der Waals surface area contributed by atoms with Crippen LogP contribution in [-0.2, 0) is 30.2 Å². The zero-order valence-electron chi connectivity index (χ0n) is 17.2. The minimum atomic E-state index is -0.520. The number of fused-ring (bicyclic) bond motifs is 1. The fraction of sp³-hybridized carbons (Fsp3) is 0.400. The average Bonchev–Trinajstić information content (AvgIpc) is 3.15. The van der Waals surface area contributed by atoms with Crippen LogP contribution in [0.5, 0.6) is 0 Å². The van der Waals surface area contributed by atoms with E-state index in [2.05, 4.69) is 4.98 Å². The number of halogens is 1. The smallest absolute Gasteiger partial charge is 0.332 e. The van der Waals surface area contributed by atoms with Gasteiger partial charge in [-0.05, 0) is 6.07 Å². The Kier molecular flexibility index (Phi) is 5.96. The van der Waals surface area contributed by atoms with Crippen LogP contribution in [0.3, 0.4) is 0 Å². The summed E-state index contributed by atoms with van der Waals surface area (Å²) in [4.78, 5) is 44.0. The van der Waals surface area contributed by atoms with E-state index < -0.39 is 17.1 Å². The molecule has 0 saturated carbocycles. The number of benzene rings is 1. The van der Waals surface area contributed by atoms with Crippen LogP contribution in [0.1, 0.15) is 5.56 Å². The van der Waals surface area contributed by atoms with Gasteiger partial charge < -0.3 is 14.2 Å². The Balaban J connectivity index is 1.76. The fourth-order valence-electron chi connectivity index (χ4n) is 3.51. The molecule has 0 spiro atoms. The zero-order valence-corrected chi connectivity index (χ0v) is 18.0. The van der Waals surface area contributed by atoms with E-state index >= 15 is 0 Å². The van der Waals surface area contributed by atoms with Crippen molar-refractivity contribution in [2.75, 3.05) is 32.1 Å². The molecule has 1 amide bonds. The lowest BCUT2D eigenvalue weighted by atomic mass is 10.2. The predicted octanol–water partition coefficient (Wildman–Crippen LogP) is 0.572. The van der Waals surface area contributed by atoms with Gasteiger partial charge in [-0.3, -0.25) is 18.7 Å². The number of thioether (sulfide) groups is 1. The highest BCUT2D eigenvalue weighted by atomic mass is 32.2. The monoisotopic (exact) mass is 447 g/mol. The number of morpholine rings is 1. The molecule has 1 saturated heterocycles. The standard InChI is InChI=1S/C20H22FN5O4S/c1-23-17-16(18(28)24(2)20(23)29)26(11-13-5-3-4-6-14(13)21)19(22-17)31-12-15(27)25-7-9-30-10-8-25/h3-6H,7-12H2,1-2H3. The molecule has 0 N–H and O–H groups in total. The van der Waals surface area contributed by atoms with E-state index in [0.717, 1.165) is 16.3 Å². The summed E-state index contributed by atoms with van der Waals surface area (Å²) in [6.07, 6.45) is 0. The summed E-state index contributed by atoms with van der Waals surface area (Å²) in [6.45, 7) is 2.10. The van der Waals surface area contributed by atoms with Crippen LogP contribution >= 0.6 is 11.8 Å².